The molecule has 0 spiro atoms. The molecule has 0 heterocycles. The van der Waals surface area contributed by atoms with Crippen molar-refractivity contribution in [3.8, 4) is 0 Å². The summed E-state index contributed by atoms with van der Waals surface area (Å²) in [4.78, 5) is 11.1. The first-order chi connectivity index (χ1) is 4.71. The fraction of sp³-hybridized carbons (Fsp3) is 0.875. The van der Waals surface area contributed by atoms with E-state index < -0.39 is 0 Å². The van der Waals surface area contributed by atoms with Gasteiger partial charge in [0.25, 0.3) is 0 Å². The Balaban J connectivity index is 2.67. The highest BCUT2D eigenvalue weighted by atomic mass is 16.1. The highest BCUT2D eigenvalue weighted by molar-refractivity contribution is 5.86. The summed E-state index contributed by atoms with van der Waals surface area (Å²) in [7, 11) is 1.88. The van der Waals surface area contributed by atoms with Crippen molar-refractivity contribution >= 4 is 5.78 Å². The maximum absolute atomic E-state index is 11.1. The summed E-state index contributed by atoms with van der Waals surface area (Å²) in [5.74, 6) is 0.299. The van der Waals surface area contributed by atoms with Crippen molar-refractivity contribution < 1.29 is 4.79 Å². The minimum absolute atomic E-state index is 0.153. The normalized spacial score (nSPS) is 23.0. The molecule has 0 amide bonds. The van der Waals surface area contributed by atoms with Crippen molar-refractivity contribution in [1.29, 1.82) is 0 Å². The van der Waals surface area contributed by atoms with E-state index in [0.717, 1.165) is 12.8 Å². The summed E-state index contributed by atoms with van der Waals surface area (Å²) in [5, 5.41) is 3.13. The molecule has 1 saturated carbocycles. The Hall–Kier alpha value is -0.370. The van der Waals surface area contributed by atoms with Crippen molar-refractivity contribution in [1.82, 2.24) is 5.32 Å². The number of hydrogen-bond acceptors (Lipinski definition) is 2. The highest BCUT2D eigenvalue weighted by Gasteiger charge is 2.36. The van der Waals surface area contributed by atoms with Gasteiger partial charge in [-0.2, -0.15) is 0 Å². The molecule has 2 heteroatoms. The van der Waals surface area contributed by atoms with Crippen LogP contribution in [0.1, 0.15) is 32.6 Å². The highest BCUT2D eigenvalue weighted by Crippen LogP contribution is 2.29. The van der Waals surface area contributed by atoms with E-state index in [0.29, 0.717) is 5.78 Å². The fourth-order valence-corrected chi connectivity index (χ4v) is 1.76. The number of hydrogen-bond donors (Lipinski definition) is 1. The number of likely N-dealkylation sites (N-methyl/N-ethyl adjacent to an activating group) is 1. The number of carbonyl (C=O) groups excluding carboxylic acids is 1. The van der Waals surface area contributed by atoms with E-state index >= 15 is 0 Å². The van der Waals surface area contributed by atoms with Crippen molar-refractivity contribution in [2.75, 3.05) is 7.05 Å². The summed E-state index contributed by atoms with van der Waals surface area (Å²) < 4.78 is 0. The van der Waals surface area contributed by atoms with Gasteiger partial charge in [0.15, 0.2) is 0 Å². The Morgan fingerprint density at radius 3 is 2.10 bits per heavy atom. The lowest BCUT2D eigenvalue weighted by Gasteiger charge is -2.24. The Morgan fingerprint density at radius 2 is 1.90 bits per heavy atom. The lowest BCUT2D eigenvalue weighted by molar-refractivity contribution is -0.122. The number of carbonyl (C=O) groups is 1. The number of rotatable bonds is 2. The second-order valence-corrected chi connectivity index (χ2v) is 3.10. The third-order valence-electron chi connectivity index (χ3n) is 2.61. The van der Waals surface area contributed by atoms with Crippen LogP contribution in [0.3, 0.4) is 0 Å². The molecule has 1 aliphatic carbocycles. The quantitative estimate of drug-likeness (QED) is 0.624. The molecule has 1 N–H and O–H groups in total. The van der Waals surface area contributed by atoms with Crippen LogP contribution in [0.5, 0.6) is 0 Å². The number of Topliss-reactive ketones (excluding diaryl/α,β-unsaturated/α-hetero) is 1. The molecule has 10 heavy (non-hydrogen) atoms. The SMILES string of the molecule is CNC1(C(C)=O)CCCC1. The average molecular weight is 141 g/mol. The number of ketones is 1. The van der Waals surface area contributed by atoms with Gasteiger partial charge in [0.2, 0.25) is 0 Å². The summed E-state index contributed by atoms with van der Waals surface area (Å²) in [6, 6.07) is 0. The molecule has 0 saturated heterocycles. The second-order valence-electron chi connectivity index (χ2n) is 3.10. The Morgan fingerprint density at radius 1 is 1.40 bits per heavy atom. The predicted octanol–water partition coefficient (Wildman–Crippen LogP) is 1.11. The predicted molar refractivity (Wildman–Crippen MR) is 40.9 cm³/mol. The van der Waals surface area contributed by atoms with Gasteiger partial charge in [-0.3, -0.25) is 4.79 Å². The molecule has 0 aromatic heterocycles. The van der Waals surface area contributed by atoms with E-state index in [1.165, 1.54) is 12.8 Å². The molecule has 1 rings (SSSR count). The first-order valence-electron chi connectivity index (χ1n) is 3.91. The van der Waals surface area contributed by atoms with Crippen LogP contribution >= 0.6 is 0 Å². The van der Waals surface area contributed by atoms with Gasteiger partial charge in [-0.1, -0.05) is 12.8 Å². The monoisotopic (exact) mass is 141 g/mol. The minimum atomic E-state index is -0.153. The van der Waals surface area contributed by atoms with Crippen LogP contribution in [0.25, 0.3) is 0 Å². The third kappa shape index (κ3) is 1.08. The average Bonchev–Trinajstić information content (AvgIpc) is 2.35. The molecule has 1 fully saturated rings. The molecule has 2 nitrogen and oxygen atoms in total. The molecular weight excluding hydrogens is 126 g/mol. The van der Waals surface area contributed by atoms with Crippen molar-refractivity contribution in [3.63, 3.8) is 0 Å². The largest absolute Gasteiger partial charge is 0.308 e. The van der Waals surface area contributed by atoms with Gasteiger partial charge in [0, 0.05) is 0 Å². The van der Waals surface area contributed by atoms with E-state index in [1.54, 1.807) is 6.92 Å². The van der Waals surface area contributed by atoms with Crippen LogP contribution in [0.2, 0.25) is 0 Å². The standard InChI is InChI=1S/C8H15NO/c1-7(10)8(9-2)5-3-4-6-8/h9H,3-6H2,1-2H3. The maximum Gasteiger partial charge on any atom is 0.149 e. The summed E-state index contributed by atoms with van der Waals surface area (Å²) in [6.45, 7) is 1.68. The van der Waals surface area contributed by atoms with Crippen LogP contribution in [-0.2, 0) is 4.79 Å². The zero-order chi connectivity index (χ0) is 7.61. The van der Waals surface area contributed by atoms with E-state index in [4.69, 9.17) is 0 Å². The van der Waals surface area contributed by atoms with E-state index in [9.17, 15) is 4.79 Å². The second kappa shape index (κ2) is 2.70. The topological polar surface area (TPSA) is 29.1 Å². The first kappa shape index (κ1) is 7.73. The molecule has 0 aromatic rings. The van der Waals surface area contributed by atoms with Crippen LogP contribution < -0.4 is 5.32 Å². The summed E-state index contributed by atoms with van der Waals surface area (Å²) in [6.07, 6.45) is 4.44. The Bertz CT molecular complexity index is 136. The van der Waals surface area contributed by atoms with E-state index in [-0.39, 0.29) is 5.54 Å². The smallest absolute Gasteiger partial charge is 0.149 e. The van der Waals surface area contributed by atoms with Crippen LogP contribution in [-0.4, -0.2) is 18.4 Å². The van der Waals surface area contributed by atoms with E-state index in [1.807, 2.05) is 7.05 Å². The molecular formula is C8H15NO. The third-order valence-corrected chi connectivity index (χ3v) is 2.61. The van der Waals surface area contributed by atoms with E-state index in [2.05, 4.69) is 5.32 Å². The lowest BCUT2D eigenvalue weighted by atomic mass is 9.93. The zero-order valence-electron chi connectivity index (χ0n) is 6.74. The van der Waals surface area contributed by atoms with Gasteiger partial charge in [-0.15, -0.1) is 0 Å². The molecule has 0 unspecified atom stereocenters. The van der Waals surface area contributed by atoms with Gasteiger partial charge in [0.1, 0.15) is 5.78 Å². The fourth-order valence-electron chi connectivity index (χ4n) is 1.76. The van der Waals surface area contributed by atoms with Crippen molar-refractivity contribution in [2.45, 2.75) is 38.1 Å². The molecule has 1 aliphatic rings. The molecule has 0 aliphatic heterocycles. The molecule has 0 atom stereocenters. The summed E-state index contributed by atoms with van der Waals surface area (Å²) in [5.41, 5.74) is -0.153. The van der Waals surface area contributed by atoms with Gasteiger partial charge in [-0.05, 0) is 26.8 Å². The molecule has 0 aromatic carbocycles. The first-order valence-corrected chi connectivity index (χ1v) is 3.91. The minimum Gasteiger partial charge on any atom is -0.308 e. The Kier molecular flexibility index (Phi) is 2.09. The van der Waals surface area contributed by atoms with Gasteiger partial charge < -0.3 is 5.32 Å². The summed E-state index contributed by atoms with van der Waals surface area (Å²) >= 11 is 0. The lowest BCUT2D eigenvalue weighted by Crippen LogP contribution is -2.46. The van der Waals surface area contributed by atoms with Crippen LogP contribution in [0.15, 0.2) is 0 Å². The molecule has 0 radical (unpaired) electrons. The Labute approximate surface area is 62.0 Å². The van der Waals surface area contributed by atoms with Gasteiger partial charge in [-0.25, -0.2) is 0 Å². The van der Waals surface area contributed by atoms with Gasteiger partial charge >= 0.3 is 0 Å². The van der Waals surface area contributed by atoms with Gasteiger partial charge in [0.05, 0.1) is 5.54 Å². The van der Waals surface area contributed by atoms with Crippen LogP contribution in [0.4, 0.5) is 0 Å². The van der Waals surface area contributed by atoms with Crippen molar-refractivity contribution in [2.24, 2.45) is 0 Å². The van der Waals surface area contributed by atoms with Crippen molar-refractivity contribution in [3.05, 3.63) is 0 Å². The maximum atomic E-state index is 11.1. The van der Waals surface area contributed by atoms with Crippen LogP contribution in [0, 0.1) is 0 Å². The molecule has 58 valence electrons. The molecule has 0 bridgehead atoms. The number of nitrogens with one attached hydrogen (secondary N) is 1. The zero-order valence-corrected chi connectivity index (χ0v) is 6.74.